The molecule has 102 valence electrons. The van der Waals surface area contributed by atoms with E-state index in [2.05, 4.69) is 21.0 Å². The molecule has 0 saturated heterocycles. The summed E-state index contributed by atoms with van der Waals surface area (Å²) in [6.07, 6.45) is 1.09. The highest BCUT2D eigenvalue weighted by Crippen LogP contribution is 2.26. The van der Waals surface area contributed by atoms with Crippen molar-refractivity contribution < 1.29 is 9.50 Å². The Bertz CT molecular complexity index is 742. The highest BCUT2D eigenvalue weighted by atomic mass is 79.9. The minimum Gasteiger partial charge on any atom is -0.386 e. The largest absolute Gasteiger partial charge is 0.386 e. The van der Waals surface area contributed by atoms with E-state index in [1.165, 1.54) is 6.07 Å². The van der Waals surface area contributed by atoms with Crippen LogP contribution in [0.1, 0.15) is 11.7 Å². The van der Waals surface area contributed by atoms with Gasteiger partial charge in [-0.3, -0.25) is 4.68 Å². The molecule has 1 atom stereocenters. The molecule has 5 heteroatoms. The Kier molecular flexibility index (Phi) is 3.54. The highest BCUT2D eigenvalue weighted by molar-refractivity contribution is 9.10. The summed E-state index contributed by atoms with van der Waals surface area (Å²) in [6, 6.07) is 12.4. The van der Waals surface area contributed by atoms with Gasteiger partial charge in [0.05, 0.1) is 22.6 Å². The lowest BCUT2D eigenvalue weighted by Gasteiger charge is -2.10. The van der Waals surface area contributed by atoms with Crippen LogP contribution in [0.2, 0.25) is 0 Å². The molecule has 0 radical (unpaired) electrons. The van der Waals surface area contributed by atoms with Gasteiger partial charge in [-0.15, -0.1) is 0 Å². The average molecular weight is 335 g/mol. The molecule has 0 aliphatic heterocycles. The van der Waals surface area contributed by atoms with Gasteiger partial charge in [0.1, 0.15) is 5.82 Å². The highest BCUT2D eigenvalue weighted by Gasteiger charge is 2.12. The van der Waals surface area contributed by atoms with Gasteiger partial charge in [-0.25, -0.2) is 4.39 Å². The minimum atomic E-state index is -0.644. The maximum atomic E-state index is 13.5. The second-order valence-corrected chi connectivity index (χ2v) is 5.36. The smallest absolute Gasteiger partial charge is 0.138 e. The fraction of sp³-hybridized carbons (Fsp3) is 0.133. The van der Waals surface area contributed by atoms with Crippen LogP contribution in [0.3, 0.4) is 0 Å². The Labute approximate surface area is 123 Å². The minimum absolute atomic E-state index is 0.319. The monoisotopic (exact) mass is 334 g/mol. The van der Waals surface area contributed by atoms with Crippen molar-refractivity contribution in [3.05, 3.63) is 64.5 Å². The molecule has 20 heavy (non-hydrogen) atoms. The molecular formula is C15H12BrFN2O. The first-order valence-corrected chi connectivity index (χ1v) is 6.98. The van der Waals surface area contributed by atoms with Crippen LogP contribution in [-0.2, 0) is 6.54 Å². The fourth-order valence-electron chi connectivity index (χ4n) is 2.13. The Morgan fingerprint density at radius 2 is 1.95 bits per heavy atom. The van der Waals surface area contributed by atoms with E-state index in [9.17, 15) is 9.50 Å². The molecular weight excluding hydrogens is 323 g/mol. The van der Waals surface area contributed by atoms with Gasteiger partial charge in [0.25, 0.3) is 0 Å². The molecule has 0 bridgehead atoms. The van der Waals surface area contributed by atoms with E-state index < -0.39 is 6.10 Å². The second-order valence-electron chi connectivity index (χ2n) is 4.57. The van der Waals surface area contributed by atoms with Crippen LogP contribution in [0, 0.1) is 5.82 Å². The van der Waals surface area contributed by atoms with E-state index in [4.69, 9.17) is 0 Å². The lowest BCUT2D eigenvalue weighted by Crippen LogP contribution is -2.08. The average Bonchev–Trinajstić information content (AvgIpc) is 2.87. The van der Waals surface area contributed by atoms with Crippen LogP contribution in [0.5, 0.6) is 0 Å². The zero-order valence-corrected chi connectivity index (χ0v) is 12.1. The van der Waals surface area contributed by atoms with Crippen molar-refractivity contribution in [2.75, 3.05) is 0 Å². The summed E-state index contributed by atoms with van der Waals surface area (Å²) >= 11 is 3.21. The predicted molar refractivity (Wildman–Crippen MR) is 78.8 cm³/mol. The molecule has 1 aromatic heterocycles. The van der Waals surface area contributed by atoms with E-state index in [1.807, 2.05) is 30.3 Å². The van der Waals surface area contributed by atoms with E-state index in [0.717, 1.165) is 5.56 Å². The Balaban J connectivity index is 1.90. The first-order valence-electron chi connectivity index (χ1n) is 6.19. The Hall–Kier alpha value is -1.72. The summed E-state index contributed by atoms with van der Waals surface area (Å²) in [7, 11) is 0. The van der Waals surface area contributed by atoms with E-state index in [-0.39, 0.29) is 5.82 Å². The van der Waals surface area contributed by atoms with Crippen molar-refractivity contribution in [1.29, 1.82) is 0 Å². The summed E-state index contributed by atoms with van der Waals surface area (Å²) < 4.78 is 15.5. The number of benzene rings is 2. The molecule has 3 nitrogen and oxygen atoms in total. The normalized spacial score (nSPS) is 12.8. The number of aliphatic hydroxyl groups is 1. The number of hydrogen-bond acceptors (Lipinski definition) is 2. The fourth-order valence-corrected chi connectivity index (χ4v) is 2.57. The number of halogens is 2. The van der Waals surface area contributed by atoms with E-state index in [1.54, 1.807) is 16.9 Å². The number of hydrogen-bond donors (Lipinski definition) is 1. The quantitative estimate of drug-likeness (QED) is 0.793. The van der Waals surface area contributed by atoms with Gasteiger partial charge in [0, 0.05) is 11.6 Å². The molecule has 1 N–H and O–H groups in total. The lowest BCUT2D eigenvalue weighted by atomic mass is 10.1. The zero-order chi connectivity index (χ0) is 14.1. The first kappa shape index (κ1) is 13.3. The van der Waals surface area contributed by atoms with Gasteiger partial charge in [-0.2, -0.15) is 5.10 Å². The molecule has 0 fully saturated rings. The topological polar surface area (TPSA) is 38.0 Å². The molecule has 0 saturated carbocycles. The molecule has 0 spiro atoms. The summed E-state index contributed by atoms with van der Waals surface area (Å²) in [5.41, 5.74) is 1.52. The van der Waals surface area contributed by atoms with E-state index >= 15 is 0 Å². The molecule has 0 aliphatic carbocycles. The van der Waals surface area contributed by atoms with Crippen LogP contribution < -0.4 is 0 Å². The van der Waals surface area contributed by atoms with Gasteiger partial charge in [0.15, 0.2) is 0 Å². The maximum absolute atomic E-state index is 13.5. The third kappa shape index (κ3) is 2.46. The van der Waals surface area contributed by atoms with Gasteiger partial charge >= 0.3 is 0 Å². The number of aliphatic hydroxyl groups excluding tert-OH is 1. The van der Waals surface area contributed by atoms with Crippen molar-refractivity contribution in [3.8, 4) is 0 Å². The lowest BCUT2D eigenvalue weighted by molar-refractivity contribution is 0.152. The van der Waals surface area contributed by atoms with Crippen LogP contribution in [0.25, 0.3) is 10.9 Å². The van der Waals surface area contributed by atoms with Gasteiger partial charge in [-0.05, 0) is 33.6 Å². The van der Waals surface area contributed by atoms with Crippen molar-refractivity contribution in [2.45, 2.75) is 12.6 Å². The Morgan fingerprint density at radius 3 is 2.70 bits per heavy atom. The molecule has 2 aromatic carbocycles. The van der Waals surface area contributed by atoms with E-state index in [0.29, 0.717) is 21.9 Å². The van der Waals surface area contributed by atoms with Crippen LogP contribution >= 0.6 is 15.9 Å². The molecule has 0 amide bonds. The second kappa shape index (κ2) is 5.34. The first-order chi connectivity index (χ1) is 9.65. The van der Waals surface area contributed by atoms with Gasteiger partial charge in [0.2, 0.25) is 0 Å². The number of nitrogens with zero attached hydrogens (tertiary/aromatic N) is 2. The zero-order valence-electron chi connectivity index (χ0n) is 10.5. The van der Waals surface area contributed by atoms with Crippen molar-refractivity contribution in [2.24, 2.45) is 0 Å². The number of fused-ring (bicyclic) bond motifs is 1. The summed E-state index contributed by atoms with van der Waals surface area (Å²) in [4.78, 5) is 0. The van der Waals surface area contributed by atoms with Crippen molar-refractivity contribution in [1.82, 2.24) is 9.78 Å². The van der Waals surface area contributed by atoms with Gasteiger partial charge in [-0.1, -0.05) is 30.3 Å². The molecule has 0 aliphatic rings. The van der Waals surface area contributed by atoms with Gasteiger partial charge < -0.3 is 5.11 Å². The molecule has 3 aromatic rings. The molecule has 3 rings (SSSR count). The van der Waals surface area contributed by atoms with Crippen LogP contribution in [0.4, 0.5) is 4.39 Å². The predicted octanol–water partition coefficient (Wildman–Crippen LogP) is 3.67. The number of rotatable bonds is 3. The van der Waals surface area contributed by atoms with Crippen molar-refractivity contribution in [3.63, 3.8) is 0 Å². The number of aromatic nitrogens is 2. The molecule has 0 unspecified atom stereocenters. The van der Waals surface area contributed by atoms with Crippen LogP contribution in [-0.4, -0.2) is 14.9 Å². The third-order valence-corrected chi connectivity index (χ3v) is 3.97. The SMILES string of the molecule is O[C@@H](Cn1cc2c(Br)c(F)ccc2n1)c1ccccc1. The maximum Gasteiger partial charge on any atom is 0.138 e. The summed E-state index contributed by atoms with van der Waals surface area (Å²) in [5.74, 6) is -0.319. The summed E-state index contributed by atoms with van der Waals surface area (Å²) in [5, 5.41) is 15.2. The van der Waals surface area contributed by atoms with Crippen LogP contribution in [0.15, 0.2) is 53.1 Å². The van der Waals surface area contributed by atoms with Crippen molar-refractivity contribution >= 4 is 26.8 Å². The molecule has 1 heterocycles. The standard InChI is InChI=1S/C15H12BrFN2O/c16-15-11-8-19(18-13(11)7-6-12(15)17)9-14(20)10-4-2-1-3-5-10/h1-8,14,20H,9H2/t14-/m0/s1. The third-order valence-electron chi connectivity index (χ3n) is 3.17. The summed E-state index contributed by atoms with van der Waals surface area (Å²) in [6.45, 7) is 0.326. The Morgan fingerprint density at radius 1 is 1.20 bits per heavy atom.